The number of aromatic nitrogens is 1. The summed E-state index contributed by atoms with van der Waals surface area (Å²) in [5.74, 6) is 0.517. The normalized spacial score (nSPS) is 15.5. The Labute approximate surface area is 163 Å². The van der Waals surface area contributed by atoms with E-state index in [4.69, 9.17) is 32.9 Å². The lowest BCUT2D eigenvalue weighted by Crippen LogP contribution is -2.35. The largest absolute Gasteiger partial charge is 0.379 e. The highest BCUT2D eigenvalue weighted by Gasteiger charge is 2.14. The minimum atomic E-state index is 0.517. The van der Waals surface area contributed by atoms with Crippen LogP contribution in [-0.2, 0) is 17.2 Å². The van der Waals surface area contributed by atoms with E-state index in [9.17, 15) is 0 Å². The lowest BCUT2D eigenvalue weighted by atomic mass is 10.0. The van der Waals surface area contributed by atoms with Gasteiger partial charge in [-0.1, -0.05) is 41.9 Å². The van der Waals surface area contributed by atoms with Gasteiger partial charge in [0.25, 0.3) is 0 Å². The molecule has 0 bridgehead atoms. The molecule has 2 heterocycles. The van der Waals surface area contributed by atoms with Crippen molar-refractivity contribution in [2.75, 3.05) is 26.3 Å². The lowest BCUT2D eigenvalue weighted by molar-refractivity contribution is 0.0344. The number of benzene rings is 2. The van der Waals surface area contributed by atoms with Crippen LogP contribution in [-0.4, -0.2) is 36.2 Å². The first-order chi connectivity index (χ1) is 12.7. The quantitative estimate of drug-likeness (QED) is 0.581. The summed E-state index contributed by atoms with van der Waals surface area (Å²) in [4.78, 5) is 7.28. The number of ether oxygens (including phenoxy) is 1. The van der Waals surface area contributed by atoms with Crippen molar-refractivity contribution < 1.29 is 4.74 Å². The zero-order valence-electron chi connectivity index (χ0n) is 14.4. The molecule has 4 rings (SSSR count). The molecule has 0 aliphatic carbocycles. The molecule has 3 nitrogen and oxygen atoms in total. The predicted octanol–water partition coefficient (Wildman–Crippen LogP) is 5.13. The van der Waals surface area contributed by atoms with Crippen LogP contribution in [0.2, 0.25) is 5.02 Å². The van der Waals surface area contributed by atoms with Crippen molar-refractivity contribution in [1.29, 1.82) is 0 Å². The van der Waals surface area contributed by atoms with Gasteiger partial charge in [0.1, 0.15) is 0 Å². The number of fused-ring (bicyclic) bond motifs is 1. The molecule has 0 N–H and O–H groups in total. The Morgan fingerprint density at radius 3 is 2.50 bits per heavy atom. The highest BCUT2D eigenvalue weighted by molar-refractivity contribution is 6.31. The summed E-state index contributed by atoms with van der Waals surface area (Å²) in [5, 5.41) is 1.86. The maximum atomic E-state index is 6.22. The van der Waals surface area contributed by atoms with Gasteiger partial charge in [-0.15, -0.1) is 11.6 Å². The average Bonchev–Trinajstić information content (AvgIpc) is 2.68. The zero-order valence-corrected chi connectivity index (χ0v) is 15.9. The number of pyridine rings is 1. The molecule has 0 spiro atoms. The van der Waals surface area contributed by atoms with E-state index in [2.05, 4.69) is 29.2 Å². The van der Waals surface area contributed by atoms with Gasteiger partial charge in [0.05, 0.1) is 24.4 Å². The molecular weight excluding hydrogens is 367 g/mol. The molecule has 0 amide bonds. The third-order valence-corrected chi connectivity index (χ3v) is 5.30. The molecule has 3 aromatic rings. The van der Waals surface area contributed by atoms with Crippen LogP contribution in [0.25, 0.3) is 22.2 Å². The van der Waals surface area contributed by atoms with Gasteiger partial charge >= 0.3 is 0 Å². The Kier molecular flexibility index (Phi) is 5.41. The molecule has 0 unspecified atom stereocenters. The molecule has 0 radical (unpaired) electrons. The van der Waals surface area contributed by atoms with E-state index in [-0.39, 0.29) is 0 Å². The second kappa shape index (κ2) is 7.93. The van der Waals surface area contributed by atoms with Crippen LogP contribution >= 0.6 is 23.2 Å². The maximum Gasteiger partial charge on any atom is 0.0727 e. The fraction of sp³-hybridized carbons (Fsp3) is 0.286. The molecule has 5 heteroatoms. The molecule has 1 saturated heterocycles. The summed E-state index contributed by atoms with van der Waals surface area (Å²) in [7, 11) is 0. The van der Waals surface area contributed by atoms with Crippen molar-refractivity contribution in [2.24, 2.45) is 0 Å². The van der Waals surface area contributed by atoms with Gasteiger partial charge < -0.3 is 4.74 Å². The smallest absolute Gasteiger partial charge is 0.0727 e. The molecular formula is C21H20Cl2N2O. The van der Waals surface area contributed by atoms with E-state index in [0.29, 0.717) is 10.9 Å². The van der Waals surface area contributed by atoms with Gasteiger partial charge in [-0.05, 0) is 29.3 Å². The molecule has 1 fully saturated rings. The fourth-order valence-electron chi connectivity index (χ4n) is 3.32. The van der Waals surface area contributed by atoms with E-state index < -0.39 is 0 Å². The number of morpholine rings is 1. The van der Waals surface area contributed by atoms with E-state index >= 15 is 0 Å². The van der Waals surface area contributed by atoms with Crippen molar-refractivity contribution in [3.8, 4) is 11.3 Å². The lowest BCUT2D eigenvalue weighted by Gasteiger charge is -2.27. The zero-order chi connectivity index (χ0) is 17.9. The Bertz CT molecular complexity index is 906. The van der Waals surface area contributed by atoms with Crippen molar-refractivity contribution in [2.45, 2.75) is 12.4 Å². The number of rotatable bonds is 4. The Balaban J connectivity index is 1.77. The SMILES string of the molecule is ClCc1ccc(-c2cc(CN3CCOCC3)c3ccc(Cl)cc3n2)cc1. The average molecular weight is 387 g/mol. The Hall–Kier alpha value is -1.65. The number of hydrogen-bond acceptors (Lipinski definition) is 3. The highest BCUT2D eigenvalue weighted by Crippen LogP contribution is 2.28. The standard InChI is InChI=1S/C21H20Cl2N2O/c22-13-15-1-3-16(4-2-15)20-11-17(14-25-7-9-26-10-8-25)19-6-5-18(23)12-21(19)24-20/h1-6,11-12H,7-10,13-14H2. The van der Waals surface area contributed by atoms with Crippen LogP contribution in [0.3, 0.4) is 0 Å². The van der Waals surface area contributed by atoms with Crippen molar-refractivity contribution in [3.05, 3.63) is 64.7 Å². The fourth-order valence-corrected chi connectivity index (χ4v) is 3.66. The van der Waals surface area contributed by atoms with Gasteiger partial charge in [-0.3, -0.25) is 4.90 Å². The summed E-state index contributed by atoms with van der Waals surface area (Å²) >= 11 is 12.1. The summed E-state index contributed by atoms with van der Waals surface area (Å²) in [5.41, 5.74) is 5.35. The molecule has 0 saturated carbocycles. The van der Waals surface area contributed by atoms with Crippen LogP contribution in [0.1, 0.15) is 11.1 Å². The highest BCUT2D eigenvalue weighted by atomic mass is 35.5. The van der Waals surface area contributed by atoms with Crippen LogP contribution in [0.15, 0.2) is 48.5 Å². The van der Waals surface area contributed by atoms with Crippen molar-refractivity contribution >= 4 is 34.1 Å². The molecule has 0 atom stereocenters. The first-order valence-electron chi connectivity index (χ1n) is 8.77. The Morgan fingerprint density at radius 2 is 1.77 bits per heavy atom. The van der Waals surface area contributed by atoms with E-state index in [1.807, 2.05) is 24.3 Å². The summed E-state index contributed by atoms with van der Waals surface area (Å²) in [6.45, 7) is 4.38. The molecule has 1 aliphatic rings. The topological polar surface area (TPSA) is 25.4 Å². The predicted molar refractivity (Wildman–Crippen MR) is 108 cm³/mol. The molecule has 1 aliphatic heterocycles. The minimum Gasteiger partial charge on any atom is -0.379 e. The third-order valence-electron chi connectivity index (χ3n) is 4.76. The van der Waals surface area contributed by atoms with Crippen molar-refractivity contribution in [1.82, 2.24) is 9.88 Å². The Morgan fingerprint density at radius 1 is 1.00 bits per heavy atom. The number of alkyl halides is 1. The van der Waals surface area contributed by atoms with E-state index in [1.165, 1.54) is 5.56 Å². The van der Waals surface area contributed by atoms with Crippen LogP contribution in [0, 0.1) is 0 Å². The minimum absolute atomic E-state index is 0.517. The molecule has 26 heavy (non-hydrogen) atoms. The third kappa shape index (κ3) is 3.86. The van der Waals surface area contributed by atoms with Crippen molar-refractivity contribution in [3.63, 3.8) is 0 Å². The number of hydrogen-bond donors (Lipinski definition) is 0. The van der Waals surface area contributed by atoms with Crippen LogP contribution < -0.4 is 0 Å². The molecule has 2 aromatic carbocycles. The van der Waals surface area contributed by atoms with Gasteiger partial charge in [-0.2, -0.15) is 0 Å². The van der Waals surface area contributed by atoms with Crippen LogP contribution in [0.4, 0.5) is 0 Å². The maximum absolute atomic E-state index is 6.22. The second-order valence-electron chi connectivity index (χ2n) is 6.55. The number of halogens is 2. The van der Waals surface area contributed by atoms with E-state index in [0.717, 1.165) is 60.6 Å². The first-order valence-corrected chi connectivity index (χ1v) is 9.69. The van der Waals surface area contributed by atoms with Crippen LogP contribution in [0.5, 0.6) is 0 Å². The molecule has 134 valence electrons. The monoisotopic (exact) mass is 386 g/mol. The summed E-state index contributed by atoms with van der Waals surface area (Å²) < 4.78 is 5.47. The summed E-state index contributed by atoms with van der Waals surface area (Å²) in [6, 6.07) is 16.4. The van der Waals surface area contributed by atoms with Gasteiger partial charge in [0.15, 0.2) is 0 Å². The van der Waals surface area contributed by atoms with E-state index in [1.54, 1.807) is 0 Å². The van der Waals surface area contributed by atoms with Gasteiger partial charge in [0, 0.05) is 41.5 Å². The number of nitrogens with zero attached hydrogens (tertiary/aromatic N) is 2. The first kappa shape index (κ1) is 17.7. The van der Waals surface area contributed by atoms with Gasteiger partial charge in [0.2, 0.25) is 0 Å². The summed E-state index contributed by atoms with van der Waals surface area (Å²) in [6.07, 6.45) is 0. The second-order valence-corrected chi connectivity index (χ2v) is 7.25. The van der Waals surface area contributed by atoms with Gasteiger partial charge in [-0.25, -0.2) is 4.98 Å². The molecule has 1 aromatic heterocycles.